The molecule has 23 heavy (non-hydrogen) atoms. The Kier molecular flexibility index (Phi) is 2.52. The van der Waals surface area contributed by atoms with Crippen molar-refractivity contribution in [3.63, 3.8) is 0 Å². The number of thiophene rings is 1. The second kappa shape index (κ2) is 4.48. The maximum absolute atomic E-state index is 13.2. The fourth-order valence-electron chi connectivity index (χ4n) is 3.34. The van der Waals surface area contributed by atoms with Gasteiger partial charge in [-0.1, -0.05) is 22.8 Å². The van der Waals surface area contributed by atoms with Gasteiger partial charge in [-0.3, -0.25) is 4.79 Å². The maximum atomic E-state index is 13.2. The molecule has 3 aromatic heterocycles. The van der Waals surface area contributed by atoms with Crippen LogP contribution in [-0.4, -0.2) is 24.6 Å². The zero-order chi connectivity index (χ0) is 15.6. The largest absolute Gasteiger partial charge is 0.268 e. The number of aryl methyl sites for hydroxylation is 3. The summed E-state index contributed by atoms with van der Waals surface area (Å²) in [5, 5.41) is 12.8. The Bertz CT molecular complexity index is 1120. The molecular weight excluding hydrogens is 310 g/mol. The van der Waals surface area contributed by atoms with E-state index < -0.39 is 0 Å². The first kappa shape index (κ1) is 13.0. The summed E-state index contributed by atoms with van der Waals surface area (Å²) in [5.74, 6) is 0.464. The standard InChI is InChI=1S/C16H13N5OS/c1-9-5-7-10(8-6-9)20-14(22)13-11-3-2-4-12(11)23-15(13)21-16(20)17-18-19-21/h5-8H,2-4H2,1H3. The molecule has 5 rings (SSSR count). The Morgan fingerprint density at radius 1 is 1.17 bits per heavy atom. The first-order valence-corrected chi connectivity index (χ1v) is 8.40. The van der Waals surface area contributed by atoms with E-state index in [1.165, 1.54) is 10.4 Å². The van der Waals surface area contributed by atoms with Crippen LogP contribution in [-0.2, 0) is 12.8 Å². The molecule has 0 spiro atoms. The van der Waals surface area contributed by atoms with Crippen LogP contribution in [0, 0.1) is 6.92 Å². The Balaban J connectivity index is 1.97. The summed E-state index contributed by atoms with van der Waals surface area (Å²) in [6.45, 7) is 2.02. The minimum Gasteiger partial charge on any atom is -0.268 e. The zero-order valence-corrected chi connectivity index (χ0v) is 13.3. The highest BCUT2D eigenvalue weighted by molar-refractivity contribution is 7.19. The molecule has 1 aromatic carbocycles. The highest BCUT2D eigenvalue weighted by Gasteiger charge is 2.25. The molecule has 0 unspecified atom stereocenters. The predicted octanol–water partition coefficient (Wildman–Crippen LogP) is 2.29. The molecule has 0 radical (unpaired) electrons. The van der Waals surface area contributed by atoms with Gasteiger partial charge in [0.1, 0.15) is 4.83 Å². The minimum absolute atomic E-state index is 0.0226. The summed E-state index contributed by atoms with van der Waals surface area (Å²) in [5.41, 5.74) is 3.11. The van der Waals surface area contributed by atoms with E-state index in [0.717, 1.165) is 40.7 Å². The van der Waals surface area contributed by atoms with Crippen LogP contribution in [0.15, 0.2) is 29.1 Å². The number of rotatable bonds is 1. The number of tetrazole rings is 1. The van der Waals surface area contributed by atoms with E-state index in [2.05, 4.69) is 15.5 Å². The van der Waals surface area contributed by atoms with Crippen LogP contribution in [0.3, 0.4) is 0 Å². The van der Waals surface area contributed by atoms with Crippen molar-refractivity contribution in [1.29, 1.82) is 0 Å². The van der Waals surface area contributed by atoms with Crippen molar-refractivity contribution >= 4 is 27.3 Å². The van der Waals surface area contributed by atoms with Crippen LogP contribution in [0.1, 0.15) is 22.4 Å². The normalized spacial score (nSPS) is 14.0. The Labute approximate surface area is 135 Å². The van der Waals surface area contributed by atoms with Gasteiger partial charge in [-0.2, -0.15) is 4.52 Å². The quantitative estimate of drug-likeness (QED) is 0.539. The van der Waals surface area contributed by atoms with Crippen LogP contribution >= 0.6 is 11.3 Å². The van der Waals surface area contributed by atoms with E-state index in [9.17, 15) is 4.79 Å². The van der Waals surface area contributed by atoms with Gasteiger partial charge in [0.25, 0.3) is 11.3 Å². The van der Waals surface area contributed by atoms with Gasteiger partial charge in [0, 0.05) is 4.88 Å². The number of fused-ring (bicyclic) bond motifs is 5. The van der Waals surface area contributed by atoms with Gasteiger partial charge < -0.3 is 0 Å². The summed E-state index contributed by atoms with van der Waals surface area (Å²) in [7, 11) is 0. The van der Waals surface area contributed by atoms with E-state index in [0.29, 0.717) is 5.78 Å². The first-order valence-electron chi connectivity index (χ1n) is 7.58. The van der Waals surface area contributed by atoms with Crippen LogP contribution < -0.4 is 5.56 Å². The summed E-state index contributed by atoms with van der Waals surface area (Å²) >= 11 is 1.65. The molecular formula is C16H13N5OS. The van der Waals surface area contributed by atoms with Gasteiger partial charge in [-0.05, 0) is 54.3 Å². The van der Waals surface area contributed by atoms with Crippen molar-refractivity contribution in [3.8, 4) is 5.69 Å². The number of hydrogen-bond acceptors (Lipinski definition) is 5. The first-order chi connectivity index (χ1) is 11.2. The molecule has 6 nitrogen and oxygen atoms in total. The average molecular weight is 323 g/mol. The monoisotopic (exact) mass is 323 g/mol. The molecule has 0 saturated carbocycles. The Hall–Kier alpha value is -2.54. The smallest absolute Gasteiger partial charge is 0.268 e. The van der Waals surface area contributed by atoms with Crippen LogP contribution in [0.4, 0.5) is 0 Å². The van der Waals surface area contributed by atoms with Crippen LogP contribution in [0.25, 0.3) is 21.7 Å². The molecule has 1 aliphatic carbocycles. The van der Waals surface area contributed by atoms with Crippen LogP contribution in [0.2, 0.25) is 0 Å². The fraction of sp³-hybridized carbons (Fsp3) is 0.250. The molecule has 3 heterocycles. The lowest BCUT2D eigenvalue weighted by atomic mass is 10.2. The Morgan fingerprint density at radius 3 is 2.83 bits per heavy atom. The lowest BCUT2D eigenvalue weighted by molar-refractivity contribution is 0.839. The van der Waals surface area contributed by atoms with Gasteiger partial charge in [-0.15, -0.1) is 11.3 Å². The van der Waals surface area contributed by atoms with E-state index in [-0.39, 0.29) is 5.56 Å². The highest BCUT2D eigenvalue weighted by Crippen LogP contribution is 2.35. The fourth-order valence-corrected chi connectivity index (χ4v) is 4.67. The molecule has 0 amide bonds. The summed E-state index contributed by atoms with van der Waals surface area (Å²) in [6, 6.07) is 7.85. The van der Waals surface area contributed by atoms with Crippen molar-refractivity contribution in [2.24, 2.45) is 0 Å². The summed E-state index contributed by atoms with van der Waals surface area (Å²) < 4.78 is 3.31. The molecule has 0 aliphatic heterocycles. The van der Waals surface area contributed by atoms with E-state index in [4.69, 9.17) is 0 Å². The van der Waals surface area contributed by atoms with E-state index in [1.807, 2.05) is 31.2 Å². The van der Waals surface area contributed by atoms with Gasteiger partial charge >= 0.3 is 0 Å². The molecule has 0 bridgehead atoms. The average Bonchev–Trinajstić information content (AvgIpc) is 3.22. The van der Waals surface area contributed by atoms with E-state index >= 15 is 0 Å². The van der Waals surface area contributed by atoms with Crippen molar-refractivity contribution in [2.45, 2.75) is 26.2 Å². The molecule has 0 saturated heterocycles. The molecule has 7 heteroatoms. The summed E-state index contributed by atoms with van der Waals surface area (Å²) in [6.07, 6.45) is 3.13. The third-order valence-electron chi connectivity index (χ3n) is 4.46. The molecule has 0 atom stereocenters. The number of hydrogen-bond donors (Lipinski definition) is 0. The van der Waals surface area contributed by atoms with Crippen molar-refractivity contribution in [3.05, 3.63) is 50.6 Å². The third-order valence-corrected chi connectivity index (χ3v) is 5.72. The lowest BCUT2D eigenvalue weighted by Crippen LogP contribution is -2.22. The van der Waals surface area contributed by atoms with Crippen molar-refractivity contribution < 1.29 is 0 Å². The second-order valence-electron chi connectivity index (χ2n) is 5.90. The highest BCUT2D eigenvalue weighted by atomic mass is 32.1. The Morgan fingerprint density at radius 2 is 2.00 bits per heavy atom. The van der Waals surface area contributed by atoms with E-state index in [1.54, 1.807) is 20.4 Å². The second-order valence-corrected chi connectivity index (χ2v) is 6.99. The number of aromatic nitrogens is 5. The predicted molar refractivity (Wildman–Crippen MR) is 88.5 cm³/mol. The number of nitrogens with zero attached hydrogens (tertiary/aromatic N) is 5. The van der Waals surface area contributed by atoms with Gasteiger partial charge in [0.2, 0.25) is 0 Å². The SMILES string of the molecule is Cc1ccc(-n2c(=O)c3c4c(sc3n3nnnc23)CCC4)cc1. The topological polar surface area (TPSA) is 65.1 Å². The van der Waals surface area contributed by atoms with Crippen molar-refractivity contribution in [1.82, 2.24) is 24.6 Å². The molecule has 4 aromatic rings. The lowest BCUT2D eigenvalue weighted by Gasteiger charge is -2.08. The van der Waals surface area contributed by atoms with Gasteiger partial charge in [-0.25, -0.2) is 4.57 Å². The molecule has 1 aliphatic rings. The molecule has 114 valence electrons. The van der Waals surface area contributed by atoms with Gasteiger partial charge in [0.05, 0.1) is 11.1 Å². The summed E-state index contributed by atoms with van der Waals surface area (Å²) in [4.78, 5) is 15.4. The molecule has 0 fully saturated rings. The van der Waals surface area contributed by atoms with Crippen molar-refractivity contribution in [2.75, 3.05) is 0 Å². The maximum Gasteiger partial charge on any atom is 0.268 e. The van der Waals surface area contributed by atoms with Crippen LogP contribution in [0.5, 0.6) is 0 Å². The van der Waals surface area contributed by atoms with Gasteiger partial charge in [0.15, 0.2) is 0 Å². The third kappa shape index (κ3) is 1.68. The number of benzene rings is 1. The minimum atomic E-state index is -0.0226. The molecule has 0 N–H and O–H groups in total. The zero-order valence-electron chi connectivity index (χ0n) is 12.5.